The second-order valence-electron chi connectivity index (χ2n) is 2.84. The first-order chi connectivity index (χ1) is 7.09. The molecular formula is C9H5NO4S. The van der Waals surface area contributed by atoms with Crippen LogP contribution in [0.1, 0.15) is 20.8 Å². The van der Waals surface area contributed by atoms with E-state index in [0.29, 0.717) is 10.9 Å². The van der Waals surface area contributed by atoms with Crippen molar-refractivity contribution < 1.29 is 19.8 Å². The monoisotopic (exact) mass is 223 g/mol. The van der Waals surface area contributed by atoms with Crippen LogP contribution in [0, 0.1) is 0 Å². The van der Waals surface area contributed by atoms with Crippen LogP contribution in [0.15, 0.2) is 16.8 Å². The molecule has 0 atom stereocenters. The average Bonchev–Trinajstić information content (AvgIpc) is 2.61. The molecule has 0 unspecified atom stereocenters. The maximum atomic E-state index is 10.8. The van der Waals surface area contributed by atoms with Gasteiger partial charge in [0.25, 0.3) is 0 Å². The highest BCUT2D eigenvalue weighted by atomic mass is 32.1. The summed E-state index contributed by atoms with van der Waals surface area (Å²) in [6.07, 6.45) is 0. The number of rotatable bonds is 2. The summed E-state index contributed by atoms with van der Waals surface area (Å²) in [5.41, 5.74) is -0.204. The van der Waals surface area contributed by atoms with Crippen LogP contribution < -0.4 is 0 Å². The van der Waals surface area contributed by atoms with Gasteiger partial charge in [-0.15, -0.1) is 11.3 Å². The minimum atomic E-state index is -1.33. The SMILES string of the molecule is O=C(O)c1cc2cscc2nc1C(=O)O. The number of pyridine rings is 1. The van der Waals surface area contributed by atoms with Gasteiger partial charge in [0.15, 0.2) is 5.69 Å². The van der Waals surface area contributed by atoms with E-state index in [-0.39, 0.29) is 5.56 Å². The van der Waals surface area contributed by atoms with E-state index < -0.39 is 17.6 Å². The zero-order chi connectivity index (χ0) is 11.0. The Bertz CT molecular complexity index is 512. The molecule has 6 heteroatoms. The van der Waals surface area contributed by atoms with Gasteiger partial charge < -0.3 is 10.2 Å². The van der Waals surface area contributed by atoms with Crippen molar-refractivity contribution in [2.45, 2.75) is 0 Å². The van der Waals surface area contributed by atoms with Crippen molar-refractivity contribution in [1.82, 2.24) is 4.98 Å². The molecule has 0 fully saturated rings. The molecule has 2 N–H and O–H groups in total. The predicted octanol–water partition coefficient (Wildman–Crippen LogP) is 1.69. The van der Waals surface area contributed by atoms with E-state index in [0.717, 1.165) is 0 Å². The Labute approximate surface area is 87.6 Å². The van der Waals surface area contributed by atoms with Gasteiger partial charge in [-0.05, 0) is 6.07 Å². The number of nitrogens with zero attached hydrogens (tertiary/aromatic N) is 1. The number of thiophene rings is 1. The van der Waals surface area contributed by atoms with Crippen molar-refractivity contribution >= 4 is 34.2 Å². The van der Waals surface area contributed by atoms with Gasteiger partial charge in [-0.2, -0.15) is 0 Å². The number of carboxylic acid groups (broad SMARTS) is 2. The summed E-state index contributed by atoms with van der Waals surface area (Å²) in [5, 5.41) is 21.6. The fourth-order valence-electron chi connectivity index (χ4n) is 1.23. The largest absolute Gasteiger partial charge is 0.478 e. The summed E-state index contributed by atoms with van der Waals surface area (Å²) in [4.78, 5) is 25.3. The fraction of sp³-hybridized carbons (Fsp3) is 0. The van der Waals surface area contributed by atoms with Gasteiger partial charge in [-0.1, -0.05) is 0 Å². The lowest BCUT2D eigenvalue weighted by atomic mass is 10.1. The highest BCUT2D eigenvalue weighted by molar-refractivity contribution is 7.09. The molecule has 0 saturated heterocycles. The first-order valence-corrected chi connectivity index (χ1v) is 4.87. The Kier molecular flexibility index (Phi) is 2.12. The zero-order valence-corrected chi connectivity index (χ0v) is 8.11. The normalized spacial score (nSPS) is 10.4. The van der Waals surface area contributed by atoms with E-state index in [9.17, 15) is 9.59 Å². The van der Waals surface area contributed by atoms with Crippen LogP contribution in [0.4, 0.5) is 0 Å². The van der Waals surface area contributed by atoms with Crippen LogP contribution in [0.25, 0.3) is 10.9 Å². The maximum Gasteiger partial charge on any atom is 0.355 e. The van der Waals surface area contributed by atoms with Crippen molar-refractivity contribution in [1.29, 1.82) is 0 Å². The van der Waals surface area contributed by atoms with Crippen LogP contribution in [-0.4, -0.2) is 27.1 Å². The van der Waals surface area contributed by atoms with Crippen molar-refractivity contribution in [3.63, 3.8) is 0 Å². The van der Waals surface area contributed by atoms with E-state index >= 15 is 0 Å². The minimum Gasteiger partial charge on any atom is -0.478 e. The second kappa shape index (κ2) is 3.32. The van der Waals surface area contributed by atoms with Crippen LogP contribution in [0.5, 0.6) is 0 Å². The lowest BCUT2D eigenvalue weighted by Gasteiger charge is -2.00. The lowest BCUT2D eigenvalue weighted by molar-refractivity contribution is 0.0647. The molecule has 15 heavy (non-hydrogen) atoms. The molecule has 0 bridgehead atoms. The molecule has 2 aromatic rings. The quantitative estimate of drug-likeness (QED) is 0.808. The van der Waals surface area contributed by atoms with Gasteiger partial charge in [0, 0.05) is 16.1 Å². The molecule has 0 spiro atoms. The lowest BCUT2D eigenvalue weighted by Crippen LogP contribution is -2.10. The highest BCUT2D eigenvalue weighted by Crippen LogP contribution is 2.20. The van der Waals surface area contributed by atoms with E-state index in [2.05, 4.69) is 4.98 Å². The summed E-state index contributed by atoms with van der Waals surface area (Å²) in [5.74, 6) is -2.62. The zero-order valence-electron chi connectivity index (χ0n) is 7.30. The van der Waals surface area contributed by atoms with Crippen LogP contribution in [-0.2, 0) is 0 Å². The maximum absolute atomic E-state index is 10.8. The predicted molar refractivity (Wildman–Crippen MR) is 53.5 cm³/mol. The fourth-order valence-corrected chi connectivity index (χ4v) is 1.95. The summed E-state index contributed by atoms with van der Waals surface area (Å²) >= 11 is 1.35. The minimum absolute atomic E-state index is 0.284. The molecule has 2 rings (SSSR count). The average molecular weight is 223 g/mol. The molecule has 5 nitrogen and oxygen atoms in total. The molecule has 0 radical (unpaired) electrons. The van der Waals surface area contributed by atoms with E-state index in [1.54, 1.807) is 10.8 Å². The molecule has 76 valence electrons. The summed E-state index contributed by atoms with van der Waals surface area (Å²) in [6.45, 7) is 0. The number of aromatic nitrogens is 1. The number of hydrogen-bond donors (Lipinski definition) is 2. The standard InChI is InChI=1S/C9H5NO4S/c11-8(12)5-1-4-2-15-3-6(4)10-7(5)9(13)14/h1-3H,(H,11,12)(H,13,14). The Morgan fingerprint density at radius 1 is 1.20 bits per heavy atom. The molecule has 2 heterocycles. The number of hydrogen-bond acceptors (Lipinski definition) is 4. The Balaban J connectivity index is 2.79. The van der Waals surface area contributed by atoms with Crippen molar-refractivity contribution in [3.8, 4) is 0 Å². The van der Waals surface area contributed by atoms with Crippen LogP contribution in [0.2, 0.25) is 0 Å². The summed E-state index contributed by atoms with van der Waals surface area (Å²) in [7, 11) is 0. The van der Waals surface area contributed by atoms with Gasteiger partial charge in [-0.25, -0.2) is 14.6 Å². The molecule has 2 aromatic heterocycles. The summed E-state index contributed by atoms with van der Waals surface area (Å²) < 4.78 is 0. The third kappa shape index (κ3) is 1.55. The van der Waals surface area contributed by atoms with E-state index in [4.69, 9.17) is 10.2 Å². The third-order valence-corrected chi connectivity index (χ3v) is 2.64. The Hall–Kier alpha value is -1.95. The number of carbonyl (C=O) groups is 2. The number of fused-ring (bicyclic) bond motifs is 1. The van der Waals surface area contributed by atoms with Crippen molar-refractivity contribution in [2.75, 3.05) is 0 Å². The van der Waals surface area contributed by atoms with Gasteiger partial charge in [0.05, 0.1) is 11.1 Å². The molecule has 0 aliphatic carbocycles. The van der Waals surface area contributed by atoms with Gasteiger partial charge in [-0.3, -0.25) is 0 Å². The summed E-state index contributed by atoms with van der Waals surface area (Å²) in [6, 6.07) is 1.32. The van der Waals surface area contributed by atoms with Crippen molar-refractivity contribution in [3.05, 3.63) is 28.1 Å². The first-order valence-electron chi connectivity index (χ1n) is 3.93. The molecular weight excluding hydrogens is 218 g/mol. The van der Waals surface area contributed by atoms with E-state index in [1.807, 2.05) is 0 Å². The number of aromatic carboxylic acids is 2. The Morgan fingerprint density at radius 3 is 2.53 bits per heavy atom. The number of carboxylic acids is 2. The Morgan fingerprint density at radius 2 is 1.93 bits per heavy atom. The molecule has 0 aromatic carbocycles. The third-order valence-electron chi connectivity index (χ3n) is 1.89. The molecule has 0 amide bonds. The molecule has 0 aliphatic rings. The van der Waals surface area contributed by atoms with Gasteiger partial charge in [0.2, 0.25) is 0 Å². The van der Waals surface area contributed by atoms with Crippen LogP contribution >= 0.6 is 11.3 Å². The first kappa shape index (κ1) is 9.60. The molecule has 0 aliphatic heterocycles. The smallest absolute Gasteiger partial charge is 0.355 e. The molecule has 0 saturated carbocycles. The van der Waals surface area contributed by atoms with Gasteiger partial charge in [0.1, 0.15) is 0 Å². The van der Waals surface area contributed by atoms with E-state index in [1.165, 1.54) is 17.4 Å². The topological polar surface area (TPSA) is 87.5 Å². The highest BCUT2D eigenvalue weighted by Gasteiger charge is 2.18. The van der Waals surface area contributed by atoms with Gasteiger partial charge >= 0.3 is 11.9 Å². The van der Waals surface area contributed by atoms with Crippen LogP contribution in [0.3, 0.4) is 0 Å². The van der Waals surface area contributed by atoms with Crippen molar-refractivity contribution in [2.24, 2.45) is 0 Å². The second-order valence-corrected chi connectivity index (χ2v) is 3.58.